The third-order valence-corrected chi connectivity index (χ3v) is 2.13. The Morgan fingerprint density at radius 2 is 1.71 bits per heavy atom. The summed E-state index contributed by atoms with van der Waals surface area (Å²) in [7, 11) is 0. The fraction of sp³-hybridized carbons (Fsp3) is 0.235. The summed E-state index contributed by atoms with van der Waals surface area (Å²) < 4.78 is 18.1. The van der Waals surface area contributed by atoms with Gasteiger partial charge in [0.25, 0.3) is 0 Å². The van der Waals surface area contributed by atoms with E-state index in [1.54, 1.807) is 45.4 Å². The van der Waals surface area contributed by atoms with Crippen LogP contribution in [-0.4, -0.2) is 11.6 Å². The number of rotatable bonds is 2. The van der Waals surface area contributed by atoms with Crippen LogP contribution in [0.25, 0.3) is 0 Å². The van der Waals surface area contributed by atoms with E-state index < -0.39 is 17.4 Å². The largest absolute Gasteiger partial charge is 0.455 e. The summed E-state index contributed by atoms with van der Waals surface area (Å²) in [6, 6.07) is 0. The average molecular weight is 330 g/mol. The minimum absolute atomic E-state index is 0. The predicted molar refractivity (Wildman–Crippen MR) is 79.1 cm³/mol. The molecule has 2 aliphatic carbocycles. The van der Waals surface area contributed by atoms with E-state index in [-0.39, 0.29) is 17.1 Å². The minimum Gasteiger partial charge on any atom is -0.455 e. The van der Waals surface area contributed by atoms with Crippen molar-refractivity contribution in [1.82, 2.24) is 0 Å². The molecule has 2 rings (SSSR count). The van der Waals surface area contributed by atoms with Gasteiger partial charge in [0.2, 0.25) is 5.83 Å². The Bertz CT molecular complexity index is 481. The van der Waals surface area contributed by atoms with Crippen molar-refractivity contribution < 1.29 is 31.0 Å². The van der Waals surface area contributed by atoms with Crippen molar-refractivity contribution in [3.8, 4) is 0 Å². The van der Waals surface area contributed by atoms with Gasteiger partial charge in [0, 0.05) is 29.9 Å². The fourth-order valence-electron chi connectivity index (χ4n) is 1.34. The number of hydrogen-bond acceptors (Lipinski definition) is 2. The van der Waals surface area contributed by atoms with E-state index >= 15 is 0 Å². The molecule has 0 spiro atoms. The molecule has 0 aromatic rings. The molecule has 0 aromatic carbocycles. The van der Waals surface area contributed by atoms with E-state index in [1.807, 2.05) is 30.7 Å². The van der Waals surface area contributed by atoms with Gasteiger partial charge in [-0.1, -0.05) is 42.5 Å². The van der Waals surface area contributed by atoms with Crippen LogP contribution in [0.3, 0.4) is 0 Å². The van der Waals surface area contributed by atoms with Crippen molar-refractivity contribution in [1.29, 1.82) is 0 Å². The minimum atomic E-state index is -0.927. The van der Waals surface area contributed by atoms with Crippen molar-refractivity contribution in [2.75, 3.05) is 0 Å². The standard InChI is InChI=1S/C12H14FO2.C5H5.Fe/c1-12(2,3)15-11(14)10(13)8-9-6-4-5-7-9;1-2-4-5-3-1;/h4-8H,1-3H3;1-5H;/b10-8+;;. The average Bonchev–Trinajstić information content (AvgIpc) is 3.02. The second-order valence-corrected chi connectivity index (χ2v) is 5.17. The molecular weight excluding hydrogens is 311 g/mol. The van der Waals surface area contributed by atoms with Crippen molar-refractivity contribution in [3.05, 3.63) is 72.8 Å². The maximum Gasteiger partial charge on any atom is 0.367 e. The van der Waals surface area contributed by atoms with Gasteiger partial charge < -0.3 is 4.74 Å². The summed E-state index contributed by atoms with van der Waals surface area (Å²) in [5.41, 5.74) is -0.0211. The molecule has 2 aliphatic rings. The van der Waals surface area contributed by atoms with Crippen molar-refractivity contribution in [2.24, 2.45) is 0 Å². The molecule has 114 valence electrons. The summed E-state index contributed by atoms with van der Waals surface area (Å²) in [5, 5.41) is 0. The zero-order valence-corrected chi connectivity index (χ0v) is 13.4. The molecule has 0 atom stereocenters. The van der Waals surface area contributed by atoms with Crippen LogP contribution in [0.1, 0.15) is 20.8 Å². The monoisotopic (exact) mass is 330 g/mol. The number of carbonyl (C=O) groups excluding carboxylic acids is 1. The van der Waals surface area contributed by atoms with Gasteiger partial charge in [-0.3, -0.25) is 0 Å². The predicted octanol–water partition coefficient (Wildman–Crippen LogP) is 4.20. The third-order valence-electron chi connectivity index (χ3n) is 2.13. The van der Waals surface area contributed by atoms with Crippen LogP contribution in [0.4, 0.5) is 4.39 Å². The molecule has 2 nitrogen and oxygen atoms in total. The first-order chi connectivity index (χ1) is 9.38. The number of hydrogen-bond donors (Lipinski definition) is 0. The molecule has 0 saturated heterocycles. The second kappa shape index (κ2) is 9.54. The molecule has 0 fully saturated rings. The Morgan fingerprint density at radius 3 is 2.10 bits per heavy atom. The maximum atomic E-state index is 13.3. The van der Waals surface area contributed by atoms with Gasteiger partial charge in [-0.2, -0.15) is 4.39 Å². The first-order valence-electron chi connectivity index (χ1n) is 6.37. The van der Waals surface area contributed by atoms with E-state index in [1.165, 1.54) is 0 Å². The maximum absolute atomic E-state index is 13.3. The Kier molecular flexibility index (Phi) is 8.91. The smallest absolute Gasteiger partial charge is 0.367 e. The second-order valence-electron chi connectivity index (χ2n) is 5.17. The van der Waals surface area contributed by atoms with E-state index in [2.05, 4.69) is 0 Å². The molecule has 2 radical (unpaired) electrons. The Hall–Kier alpha value is -1.38. The summed E-state index contributed by atoms with van der Waals surface area (Å²) in [4.78, 5) is 11.2. The van der Waals surface area contributed by atoms with Crippen molar-refractivity contribution in [3.63, 3.8) is 0 Å². The summed E-state index contributed by atoms with van der Waals surface area (Å²) >= 11 is 0. The quantitative estimate of drug-likeness (QED) is 0.431. The molecule has 21 heavy (non-hydrogen) atoms. The van der Waals surface area contributed by atoms with Gasteiger partial charge in [-0.15, -0.1) is 0 Å². The van der Waals surface area contributed by atoms with E-state index in [0.717, 1.165) is 6.08 Å². The van der Waals surface area contributed by atoms with Crippen LogP contribution in [0.2, 0.25) is 0 Å². The molecule has 0 amide bonds. The number of carbonyl (C=O) groups is 1. The van der Waals surface area contributed by atoms with Gasteiger partial charge in [-0.05, 0) is 32.4 Å². The van der Waals surface area contributed by atoms with Crippen LogP contribution in [0, 0.1) is 12.8 Å². The topological polar surface area (TPSA) is 26.3 Å². The molecule has 0 heterocycles. The summed E-state index contributed by atoms with van der Waals surface area (Å²) in [6.07, 6.45) is 18.1. The zero-order chi connectivity index (χ0) is 15.0. The zero-order valence-electron chi connectivity index (χ0n) is 12.3. The Morgan fingerprint density at radius 1 is 1.10 bits per heavy atom. The van der Waals surface area contributed by atoms with Crippen LogP contribution >= 0.6 is 0 Å². The van der Waals surface area contributed by atoms with Gasteiger partial charge >= 0.3 is 5.97 Å². The SMILES string of the molecule is CC(C)(C)OC(=O)/C(F)=C\C1=C[CH]C=C1.[CH]1C=CC=C1.[Fe]. The van der Waals surface area contributed by atoms with Gasteiger partial charge in [0.1, 0.15) is 5.60 Å². The van der Waals surface area contributed by atoms with Gasteiger partial charge in [0.05, 0.1) is 0 Å². The van der Waals surface area contributed by atoms with E-state index in [9.17, 15) is 9.18 Å². The number of allylic oxidation sites excluding steroid dienone is 9. The summed E-state index contributed by atoms with van der Waals surface area (Å²) in [5.74, 6) is -1.81. The molecule has 0 saturated carbocycles. The molecule has 0 N–H and O–H groups in total. The Labute approximate surface area is 136 Å². The van der Waals surface area contributed by atoms with Gasteiger partial charge in [0.15, 0.2) is 0 Å². The molecule has 0 unspecified atom stereocenters. The van der Waals surface area contributed by atoms with E-state index in [0.29, 0.717) is 5.57 Å². The first-order valence-corrected chi connectivity index (χ1v) is 6.37. The third kappa shape index (κ3) is 9.22. The number of halogens is 1. The van der Waals surface area contributed by atoms with Crippen molar-refractivity contribution >= 4 is 5.97 Å². The summed E-state index contributed by atoms with van der Waals surface area (Å²) in [6.45, 7) is 5.09. The van der Waals surface area contributed by atoms with Crippen LogP contribution in [0.5, 0.6) is 0 Å². The van der Waals surface area contributed by atoms with Gasteiger partial charge in [-0.25, -0.2) is 4.79 Å². The number of esters is 1. The van der Waals surface area contributed by atoms with Crippen LogP contribution in [0.15, 0.2) is 60.0 Å². The molecule has 0 aromatic heterocycles. The number of ether oxygens (including phenoxy) is 1. The van der Waals surface area contributed by atoms with Crippen molar-refractivity contribution in [2.45, 2.75) is 26.4 Å². The molecular formula is C17H19FFeO2. The molecule has 0 bridgehead atoms. The molecule has 0 aliphatic heterocycles. The normalized spacial score (nSPS) is 16.0. The van der Waals surface area contributed by atoms with E-state index in [4.69, 9.17) is 4.74 Å². The fourth-order valence-corrected chi connectivity index (χ4v) is 1.34. The van der Waals surface area contributed by atoms with Crippen LogP contribution in [-0.2, 0) is 26.6 Å². The molecule has 4 heteroatoms. The Balaban J connectivity index is 0.000000562. The first kappa shape index (κ1) is 19.6. The van der Waals surface area contributed by atoms with Crippen LogP contribution < -0.4 is 0 Å².